The number of hydrogen-bond acceptors (Lipinski definition) is 3. The highest BCUT2D eigenvalue weighted by Gasteiger charge is 2.04. The van der Waals surface area contributed by atoms with Crippen LogP contribution in [0.2, 0.25) is 0 Å². The molecule has 0 spiro atoms. The van der Waals surface area contributed by atoms with Crippen molar-refractivity contribution in [3.8, 4) is 0 Å². The molecule has 5 nitrogen and oxygen atoms in total. The summed E-state index contributed by atoms with van der Waals surface area (Å²) in [5.41, 5.74) is 2.01. The van der Waals surface area contributed by atoms with Gasteiger partial charge in [0, 0.05) is 23.7 Å². The average Bonchev–Trinajstić information content (AvgIpc) is 2.46. The molecule has 1 amide bonds. The van der Waals surface area contributed by atoms with E-state index in [4.69, 9.17) is 5.11 Å². The van der Waals surface area contributed by atoms with Crippen LogP contribution >= 0.6 is 0 Å². The predicted octanol–water partition coefficient (Wildman–Crippen LogP) is 2.36. The molecule has 0 aliphatic rings. The normalized spacial score (nSPS) is 10.5. The lowest BCUT2D eigenvalue weighted by Crippen LogP contribution is -2.15. The van der Waals surface area contributed by atoms with Crippen LogP contribution in [0, 0.1) is 0 Å². The summed E-state index contributed by atoms with van der Waals surface area (Å²) in [6, 6.07) is 12.4. The molecule has 1 aromatic carbocycles. The second-order valence-corrected chi connectivity index (χ2v) is 4.34. The van der Waals surface area contributed by atoms with Crippen LogP contribution in [0.5, 0.6) is 0 Å². The number of hydrogen-bond donors (Lipinski definition) is 2. The Balaban J connectivity index is 2.01. The van der Waals surface area contributed by atoms with Crippen LogP contribution in [0.4, 0.5) is 5.69 Å². The maximum absolute atomic E-state index is 11.9. The molecule has 0 saturated carbocycles. The van der Waals surface area contributed by atoms with Crippen molar-refractivity contribution in [1.82, 2.24) is 4.98 Å². The maximum atomic E-state index is 11.9. The molecule has 5 heteroatoms. The lowest BCUT2D eigenvalue weighted by atomic mass is 10.2. The molecule has 2 N–H and O–H groups in total. The molecular weight excluding hydrogens is 268 g/mol. The smallest absolute Gasteiger partial charge is 0.328 e. The van der Waals surface area contributed by atoms with Gasteiger partial charge in [-0.2, -0.15) is 0 Å². The van der Waals surface area contributed by atoms with Crippen molar-refractivity contribution in [2.45, 2.75) is 6.42 Å². The van der Waals surface area contributed by atoms with E-state index in [-0.39, 0.29) is 12.3 Å². The van der Waals surface area contributed by atoms with Crippen LogP contribution in [0.3, 0.4) is 0 Å². The fourth-order valence-corrected chi connectivity index (χ4v) is 1.76. The molecule has 1 heterocycles. The Labute approximate surface area is 122 Å². The van der Waals surface area contributed by atoms with Gasteiger partial charge in [-0.15, -0.1) is 0 Å². The zero-order valence-electron chi connectivity index (χ0n) is 11.2. The summed E-state index contributed by atoms with van der Waals surface area (Å²) in [5, 5.41) is 11.3. The first-order chi connectivity index (χ1) is 10.1. The second kappa shape index (κ2) is 7.00. The average molecular weight is 282 g/mol. The van der Waals surface area contributed by atoms with Crippen molar-refractivity contribution < 1.29 is 14.7 Å². The number of carbonyl (C=O) groups is 2. The largest absolute Gasteiger partial charge is 0.478 e. The van der Waals surface area contributed by atoms with E-state index < -0.39 is 5.97 Å². The number of benzene rings is 1. The second-order valence-electron chi connectivity index (χ2n) is 4.34. The van der Waals surface area contributed by atoms with Gasteiger partial charge in [0.05, 0.1) is 6.42 Å². The molecule has 0 radical (unpaired) electrons. The molecular formula is C16H14N2O3. The van der Waals surface area contributed by atoms with E-state index in [1.54, 1.807) is 42.6 Å². The number of nitrogens with one attached hydrogen (secondary N) is 1. The van der Waals surface area contributed by atoms with Gasteiger partial charge in [-0.05, 0) is 35.9 Å². The predicted molar refractivity (Wildman–Crippen MR) is 79.7 cm³/mol. The standard InChI is InChI=1S/C16H14N2O3/c19-15(11-13-5-1-2-9-17-13)18-14-6-3-4-12(10-14)7-8-16(20)21/h1-10H,11H2,(H,18,19)(H,20,21). The van der Waals surface area contributed by atoms with E-state index in [0.717, 1.165) is 6.08 Å². The van der Waals surface area contributed by atoms with Gasteiger partial charge in [0.15, 0.2) is 0 Å². The molecule has 21 heavy (non-hydrogen) atoms. The minimum Gasteiger partial charge on any atom is -0.478 e. The van der Waals surface area contributed by atoms with Crippen LogP contribution in [0.1, 0.15) is 11.3 Å². The monoisotopic (exact) mass is 282 g/mol. The SMILES string of the molecule is O=C(O)C=Cc1cccc(NC(=O)Cc2ccccn2)c1. The van der Waals surface area contributed by atoms with Gasteiger partial charge in [-0.25, -0.2) is 4.79 Å². The van der Waals surface area contributed by atoms with E-state index in [9.17, 15) is 9.59 Å². The number of rotatable bonds is 5. The van der Waals surface area contributed by atoms with Gasteiger partial charge in [-0.3, -0.25) is 9.78 Å². The number of amides is 1. The summed E-state index contributed by atoms with van der Waals surface area (Å²) in [5.74, 6) is -1.19. The molecule has 0 fully saturated rings. The molecule has 0 aliphatic carbocycles. The van der Waals surface area contributed by atoms with Gasteiger partial charge < -0.3 is 10.4 Å². The fraction of sp³-hybridized carbons (Fsp3) is 0.0625. The highest BCUT2D eigenvalue weighted by Crippen LogP contribution is 2.12. The molecule has 0 bridgehead atoms. The van der Waals surface area contributed by atoms with Crippen LogP contribution in [-0.2, 0) is 16.0 Å². The van der Waals surface area contributed by atoms with Crippen molar-refractivity contribution in [3.63, 3.8) is 0 Å². The summed E-state index contributed by atoms with van der Waals surface area (Å²) in [6.45, 7) is 0. The molecule has 0 unspecified atom stereocenters. The van der Waals surface area contributed by atoms with Gasteiger partial charge >= 0.3 is 5.97 Å². The Morgan fingerprint density at radius 2 is 2.05 bits per heavy atom. The number of aliphatic carboxylic acids is 1. The number of aromatic nitrogens is 1. The van der Waals surface area contributed by atoms with Crippen molar-refractivity contribution >= 4 is 23.6 Å². The first kappa shape index (κ1) is 14.5. The summed E-state index contributed by atoms with van der Waals surface area (Å²) < 4.78 is 0. The number of nitrogens with zero attached hydrogens (tertiary/aromatic N) is 1. The quantitative estimate of drug-likeness (QED) is 0.825. The van der Waals surface area contributed by atoms with Gasteiger partial charge in [0.25, 0.3) is 0 Å². The number of carboxylic acid groups (broad SMARTS) is 1. The van der Waals surface area contributed by atoms with Crippen molar-refractivity contribution in [2.75, 3.05) is 5.32 Å². The third kappa shape index (κ3) is 4.91. The minimum absolute atomic E-state index is 0.173. The number of anilines is 1. The van der Waals surface area contributed by atoms with E-state index in [2.05, 4.69) is 10.3 Å². The zero-order valence-corrected chi connectivity index (χ0v) is 11.2. The molecule has 1 aromatic heterocycles. The van der Waals surface area contributed by atoms with Crippen molar-refractivity contribution in [2.24, 2.45) is 0 Å². The third-order valence-electron chi connectivity index (χ3n) is 2.66. The number of carbonyl (C=O) groups excluding carboxylic acids is 1. The Bertz CT molecular complexity index is 666. The van der Waals surface area contributed by atoms with Gasteiger partial charge in [-0.1, -0.05) is 18.2 Å². The number of pyridine rings is 1. The summed E-state index contributed by atoms with van der Waals surface area (Å²) >= 11 is 0. The maximum Gasteiger partial charge on any atom is 0.328 e. The highest BCUT2D eigenvalue weighted by atomic mass is 16.4. The van der Waals surface area contributed by atoms with Crippen LogP contribution in [0.15, 0.2) is 54.7 Å². The molecule has 0 saturated heterocycles. The van der Waals surface area contributed by atoms with Crippen LogP contribution in [0.25, 0.3) is 6.08 Å². The topological polar surface area (TPSA) is 79.3 Å². The Morgan fingerprint density at radius 3 is 2.76 bits per heavy atom. The first-order valence-corrected chi connectivity index (χ1v) is 6.34. The molecule has 0 atom stereocenters. The molecule has 2 rings (SSSR count). The highest BCUT2D eigenvalue weighted by molar-refractivity contribution is 5.92. The molecule has 0 aliphatic heterocycles. The van der Waals surface area contributed by atoms with Crippen LogP contribution < -0.4 is 5.32 Å². The summed E-state index contributed by atoms with van der Waals surface area (Å²) in [7, 11) is 0. The fourth-order valence-electron chi connectivity index (χ4n) is 1.76. The van der Waals surface area contributed by atoms with E-state index in [1.165, 1.54) is 6.08 Å². The summed E-state index contributed by atoms with van der Waals surface area (Å²) in [4.78, 5) is 26.5. The van der Waals surface area contributed by atoms with Crippen molar-refractivity contribution in [1.29, 1.82) is 0 Å². The van der Waals surface area contributed by atoms with Gasteiger partial charge in [0.2, 0.25) is 5.91 Å². The lowest BCUT2D eigenvalue weighted by Gasteiger charge is -2.05. The Morgan fingerprint density at radius 1 is 1.19 bits per heavy atom. The zero-order chi connectivity index (χ0) is 15.1. The van der Waals surface area contributed by atoms with E-state index >= 15 is 0 Å². The van der Waals surface area contributed by atoms with E-state index in [0.29, 0.717) is 16.9 Å². The van der Waals surface area contributed by atoms with Crippen molar-refractivity contribution in [3.05, 3.63) is 66.0 Å². The minimum atomic E-state index is -1.01. The number of carboxylic acids is 1. The summed E-state index contributed by atoms with van der Waals surface area (Å²) in [6.07, 6.45) is 4.35. The van der Waals surface area contributed by atoms with E-state index in [1.807, 2.05) is 6.07 Å². The lowest BCUT2D eigenvalue weighted by molar-refractivity contribution is -0.131. The molecule has 106 valence electrons. The third-order valence-corrected chi connectivity index (χ3v) is 2.66. The Hall–Kier alpha value is -2.95. The van der Waals surface area contributed by atoms with Crippen LogP contribution in [-0.4, -0.2) is 22.0 Å². The van der Waals surface area contributed by atoms with Gasteiger partial charge in [0.1, 0.15) is 0 Å². The molecule has 2 aromatic rings. The Kier molecular flexibility index (Phi) is 4.82. The first-order valence-electron chi connectivity index (χ1n) is 6.34.